The van der Waals surface area contributed by atoms with E-state index < -0.39 is 0 Å². The van der Waals surface area contributed by atoms with Crippen LogP contribution in [0.4, 0.5) is 5.82 Å². The van der Waals surface area contributed by atoms with Crippen molar-refractivity contribution in [2.24, 2.45) is 0 Å². The van der Waals surface area contributed by atoms with Crippen LogP contribution in [0.2, 0.25) is 5.02 Å². The predicted molar refractivity (Wildman–Crippen MR) is 121 cm³/mol. The quantitative estimate of drug-likeness (QED) is 0.766. The Morgan fingerprint density at radius 2 is 1.87 bits per heavy atom. The third-order valence-electron chi connectivity index (χ3n) is 5.81. The van der Waals surface area contributed by atoms with Crippen LogP contribution in [0, 0.1) is 6.92 Å². The van der Waals surface area contributed by atoms with Gasteiger partial charge in [0.05, 0.1) is 15.5 Å². The van der Waals surface area contributed by atoms with Crippen LogP contribution < -0.4 is 10.2 Å². The number of aromatic nitrogens is 1. The molecule has 1 N–H and O–H groups in total. The number of rotatable bonds is 4. The van der Waals surface area contributed by atoms with Gasteiger partial charge >= 0.3 is 0 Å². The van der Waals surface area contributed by atoms with E-state index in [0.717, 1.165) is 61.6 Å². The molecule has 0 spiro atoms. The van der Waals surface area contributed by atoms with Crippen molar-refractivity contribution in [3.05, 3.63) is 44.7 Å². The van der Waals surface area contributed by atoms with Crippen molar-refractivity contribution < 1.29 is 9.59 Å². The Morgan fingerprint density at radius 1 is 1.13 bits per heavy atom. The first kappa shape index (κ1) is 21.1. The van der Waals surface area contributed by atoms with Crippen LogP contribution in [0.25, 0.3) is 0 Å². The van der Waals surface area contributed by atoms with Crippen molar-refractivity contribution >= 4 is 40.6 Å². The van der Waals surface area contributed by atoms with E-state index in [1.165, 1.54) is 17.8 Å². The zero-order chi connectivity index (χ0) is 21.1. The van der Waals surface area contributed by atoms with E-state index >= 15 is 0 Å². The molecule has 2 aromatic rings. The van der Waals surface area contributed by atoms with E-state index in [4.69, 9.17) is 11.6 Å². The number of hydrogen-bond acceptors (Lipinski definition) is 5. The fraction of sp³-hybridized carbons (Fsp3) is 0.500. The molecule has 4 heterocycles. The van der Waals surface area contributed by atoms with E-state index in [1.807, 2.05) is 24.0 Å². The number of carbonyl (C=O) groups excluding carboxylic acids is 2. The molecule has 4 rings (SSSR count). The molecule has 160 valence electrons. The molecule has 0 aliphatic carbocycles. The molecule has 2 fully saturated rings. The highest BCUT2D eigenvalue weighted by Gasteiger charge is 2.25. The molecule has 2 amide bonds. The van der Waals surface area contributed by atoms with Gasteiger partial charge in [0.2, 0.25) is 0 Å². The number of anilines is 1. The lowest BCUT2D eigenvalue weighted by Gasteiger charge is -2.33. The third kappa shape index (κ3) is 4.78. The summed E-state index contributed by atoms with van der Waals surface area (Å²) in [4.78, 5) is 35.5. The number of likely N-dealkylation sites (tertiary alicyclic amines) is 1. The maximum atomic E-state index is 12.7. The SMILES string of the molecule is Cc1ccc(C(=O)NC2CCN(c3ncc(C(=O)N4CCCCC4)cc3Cl)CC2)s1. The van der Waals surface area contributed by atoms with E-state index in [2.05, 4.69) is 15.2 Å². The average Bonchev–Trinajstić information content (AvgIpc) is 3.21. The Bertz CT molecular complexity index is 918. The minimum absolute atomic E-state index is 0.00304. The molecule has 0 radical (unpaired) electrons. The number of pyridine rings is 1. The second-order valence-electron chi connectivity index (χ2n) is 8.03. The molecule has 0 bridgehead atoms. The van der Waals surface area contributed by atoms with Gasteiger partial charge in [-0.25, -0.2) is 4.98 Å². The summed E-state index contributed by atoms with van der Waals surface area (Å²) in [7, 11) is 0. The topological polar surface area (TPSA) is 65.5 Å². The van der Waals surface area contributed by atoms with Gasteiger partial charge in [-0.15, -0.1) is 11.3 Å². The van der Waals surface area contributed by atoms with Crippen LogP contribution in [-0.4, -0.2) is 53.9 Å². The number of thiophene rings is 1. The lowest BCUT2D eigenvalue weighted by Crippen LogP contribution is -2.45. The first-order valence-corrected chi connectivity index (χ1v) is 11.8. The van der Waals surface area contributed by atoms with Gasteiger partial charge in [0.15, 0.2) is 0 Å². The minimum atomic E-state index is 0.00304. The molecule has 2 aliphatic rings. The van der Waals surface area contributed by atoms with Crippen molar-refractivity contribution in [2.45, 2.75) is 45.1 Å². The predicted octanol–water partition coefficient (Wildman–Crippen LogP) is 4.13. The summed E-state index contributed by atoms with van der Waals surface area (Å²) in [6.45, 7) is 5.15. The van der Waals surface area contributed by atoms with Crippen molar-refractivity contribution in [1.82, 2.24) is 15.2 Å². The highest BCUT2D eigenvalue weighted by molar-refractivity contribution is 7.13. The summed E-state index contributed by atoms with van der Waals surface area (Å²) in [6, 6.07) is 5.74. The van der Waals surface area contributed by atoms with Gasteiger partial charge in [-0.3, -0.25) is 9.59 Å². The lowest BCUT2D eigenvalue weighted by molar-refractivity contribution is 0.0723. The normalized spacial score (nSPS) is 17.8. The van der Waals surface area contributed by atoms with Gasteiger partial charge in [0.25, 0.3) is 11.8 Å². The summed E-state index contributed by atoms with van der Waals surface area (Å²) >= 11 is 8.02. The molecule has 2 saturated heterocycles. The summed E-state index contributed by atoms with van der Waals surface area (Å²) in [5.74, 6) is 0.731. The van der Waals surface area contributed by atoms with Gasteiger partial charge in [-0.2, -0.15) is 0 Å². The second-order valence-corrected chi connectivity index (χ2v) is 9.72. The maximum absolute atomic E-state index is 12.7. The maximum Gasteiger partial charge on any atom is 0.261 e. The van der Waals surface area contributed by atoms with Crippen LogP contribution >= 0.6 is 22.9 Å². The molecule has 2 aromatic heterocycles. The molecule has 6 nitrogen and oxygen atoms in total. The Balaban J connectivity index is 1.34. The molecule has 2 aliphatic heterocycles. The van der Waals surface area contributed by atoms with E-state index in [1.54, 1.807) is 12.3 Å². The Morgan fingerprint density at radius 3 is 2.50 bits per heavy atom. The van der Waals surface area contributed by atoms with E-state index in [9.17, 15) is 9.59 Å². The summed E-state index contributed by atoms with van der Waals surface area (Å²) < 4.78 is 0. The fourth-order valence-electron chi connectivity index (χ4n) is 4.11. The molecule has 0 aromatic carbocycles. The number of piperidine rings is 2. The van der Waals surface area contributed by atoms with Crippen LogP contribution in [0.3, 0.4) is 0 Å². The molecule has 0 atom stereocenters. The van der Waals surface area contributed by atoms with Crippen molar-refractivity contribution in [2.75, 3.05) is 31.1 Å². The summed E-state index contributed by atoms with van der Waals surface area (Å²) in [5, 5.41) is 3.65. The van der Waals surface area contributed by atoms with E-state index in [0.29, 0.717) is 16.4 Å². The minimum Gasteiger partial charge on any atom is -0.355 e. The van der Waals surface area contributed by atoms with Gasteiger partial charge in [-0.05, 0) is 57.2 Å². The molecule has 0 unspecified atom stereocenters. The third-order valence-corrected chi connectivity index (χ3v) is 7.08. The summed E-state index contributed by atoms with van der Waals surface area (Å²) in [5.41, 5.74) is 0.555. The molecular formula is C22H27ClN4O2S. The molecule has 0 saturated carbocycles. The first-order valence-electron chi connectivity index (χ1n) is 10.6. The number of aryl methyl sites for hydroxylation is 1. The summed E-state index contributed by atoms with van der Waals surface area (Å²) in [6.07, 6.45) is 6.62. The lowest BCUT2D eigenvalue weighted by atomic mass is 10.0. The van der Waals surface area contributed by atoms with Crippen LogP contribution in [0.5, 0.6) is 0 Å². The molecule has 30 heavy (non-hydrogen) atoms. The standard InChI is InChI=1S/C22H27ClN4O2S/c1-15-5-6-19(30-15)21(28)25-17-7-11-26(12-8-17)20-18(23)13-16(14-24-20)22(29)27-9-3-2-4-10-27/h5-6,13-14,17H,2-4,7-12H2,1H3,(H,25,28). The average molecular weight is 447 g/mol. The van der Waals surface area contributed by atoms with Crippen molar-refractivity contribution in [3.63, 3.8) is 0 Å². The zero-order valence-corrected chi connectivity index (χ0v) is 18.8. The largest absolute Gasteiger partial charge is 0.355 e. The van der Waals surface area contributed by atoms with Crippen LogP contribution in [-0.2, 0) is 0 Å². The number of nitrogens with zero attached hydrogens (tertiary/aromatic N) is 3. The number of nitrogens with one attached hydrogen (secondary N) is 1. The van der Waals surface area contributed by atoms with Crippen LogP contribution in [0.1, 0.15) is 57.0 Å². The second kappa shape index (κ2) is 9.35. The number of halogens is 1. The van der Waals surface area contributed by atoms with Crippen molar-refractivity contribution in [1.29, 1.82) is 0 Å². The van der Waals surface area contributed by atoms with Crippen molar-refractivity contribution in [3.8, 4) is 0 Å². The van der Waals surface area contributed by atoms with Gasteiger partial charge < -0.3 is 15.1 Å². The monoisotopic (exact) mass is 446 g/mol. The highest BCUT2D eigenvalue weighted by atomic mass is 35.5. The smallest absolute Gasteiger partial charge is 0.261 e. The Hall–Kier alpha value is -2.12. The number of hydrogen-bond donors (Lipinski definition) is 1. The van der Waals surface area contributed by atoms with Gasteiger partial charge in [-0.1, -0.05) is 11.6 Å². The van der Waals surface area contributed by atoms with Gasteiger partial charge in [0.1, 0.15) is 5.82 Å². The number of carbonyl (C=O) groups is 2. The first-order chi connectivity index (χ1) is 14.5. The Kier molecular flexibility index (Phi) is 6.58. The van der Waals surface area contributed by atoms with Crippen LogP contribution in [0.15, 0.2) is 24.4 Å². The van der Waals surface area contributed by atoms with Gasteiger partial charge in [0, 0.05) is 43.3 Å². The number of amides is 2. The van der Waals surface area contributed by atoms with E-state index in [-0.39, 0.29) is 17.9 Å². The molecule has 8 heteroatoms. The Labute approximate surface area is 186 Å². The molecular weight excluding hydrogens is 420 g/mol. The fourth-order valence-corrected chi connectivity index (χ4v) is 5.17. The highest BCUT2D eigenvalue weighted by Crippen LogP contribution is 2.28. The zero-order valence-electron chi connectivity index (χ0n) is 17.2.